The summed E-state index contributed by atoms with van der Waals surface area (Å²) >= 11 is 0. The lowest BCUT2D eigenvalue weighted by Gasteiger charge is -2.42. The van der Waals surface area contributed by atoms with Crippen LogP contribution >= 0.6 is 0 Å². The van der Waals surface area contributed by atoms with Gasteiger partial charge in [0.25, 0.3) is 0 Å². The zero-order chi connectivity index (χ0) is 30.1. The molecule has 0 unspecified atom stereocenters. The highest BCUT2D eigenvalue weighted by atomic mass is 19.4. The first-order chi connectivity index (χ1) is 19.9. The van der Waals surface area contributed by atoms with Crippen molar-refractivity contribution in [2.45, 2.75) is 50.2 Å². The Morgan fingerprint density at radius 3 is 2.17 bits per heavy atom. The zero-order valence-corrected chi connectivity index (χ0v) is 22.8. The van der Waals surface area contributed by atoms with Gasteiger partial charge in [-0.1, -0.05) is 42.5 Å². The largest absolute Gasteiger partial charge is 0.459 e. The van der Waals surface area contributed by atoms with E-state index in [0.29, 0.717) is 24.5 Å². The molecule has 224 valence electrons. The molecule has 3 aromatic carbocycles. The van der Waals surface area contributed by atoms with Crippen molar-refractivity contribution in [3.05, 3.63) is 106 Å². The number of esters is 1. The zero-order valence-electron chi connectivity index (χ0n) is 22.8. The Bertz CT molecular complexity index is 1360. The van der Waals surface area contributed by atoms with E-state index >= 15 is 0 Å². The number of hydrogen-bond acceptors (Lipinski definition) is 4. The maximum Gasteiger partial charge on any atom is 0.416 e. The standard InChI is InChI=1S/C32H31F6NO3/c1-19-7-5-6-10-25(19)29-26-17-39-16-21(26)11-12-27(29)42-28(18-41-30(40)20-8-3-2-4-9-20)22-13-23(31(33,34)35)15-24(14-22)32(36,37)38/h2-10,13-15,21,26-29,39H,11-12,16-18H2,1H3/t21-,26+,27+,28+,29+/m1/s1. The maximum absolute atomic E-state index is 13.8. The summed E-state index contributed by atoms with van der Waals surface area (Å²) < 4.78 is 94.5. The molecule has 10 heteroatoms. The fourth-order valence-electron chi connectivity index (χ4n) is 6.27. The van der Waals surface area contributed by atoms with Crippen molar-refractivity contribution in [3.8, 4) is 0 Å². The lowest BCUT2D eigenvalue weighted by Crippen LogP contribution is -2.39. The van der Waals surface area contributed by atoms with Crippen molar-refractivity contribution in [2.24, 2.45) is 11.8 Å². The average Bonchev–Trinajstić information content (AvgIpc) is 3.44. The van der Waals surface area contributed by atoms with Gasteiger partial charge in [-0.2, -0.15) is 26.3 Å². The molecule has 0 aromatic heterocycles. The van der Waals surface area contributed by atoms with Gasteiger partial charge in [-0.25, -0.2) is 4.79 Å². The number of hydrogen-bond donors (Lipinski definition) is 1. The van der Waals surface area contributed by atoms with Crippen LogP contribution in [0.15, 0.2) is 72.8 Å². The number of rotatable bonds is 7. The third kappa shape index (κ3) is 6.65. The molecular formula is C32H31F6NO3. The lowest BCUT2D eigenvalue weighted by molar-refractivity contribution is -0.143. The minimum atomic E-state index is -5.03. The number of fused-ring (bicyclic) bond motifs is 1. The van der Waals surface area contributed by atoms with Crippen molar-refractivity contribution >= 4 is 5.97 Å². The molecule has 1 aliphatic heterocycles. The monoisotopic (exact) mass is 591 g/mol. The number of carbonyl (C=O) groups is 1. The van der Waals surface area contributed by atoms with E-state index in [0.717, 1.165) is 30.6 Å². The third-order valence-corrected chi connectivity index (χ3v) is 8.32. The van der Waals surface area contributed by atoms with Gasteiger partial charge in [-0.05, 0) is 91.7 Å². The maximum atomic E-state index is 13.8. The summed E-state index contributed by atoms with van der Waals surface area (Å²) in [7, 11) is 0. The smallest absolute Gasteiger partial charge is 0.416 e. The van der Waals surface area contributed by atoms with E-state index in [1.807, 2.05) is 31.2 Å². The number of aryl methyl sites for hydroxylation is 1. The van der Waals surface area contributed by atoms with Crippen LogP contribution in [0.3, 0.4) is 0 Å². The summed E-state index contributed by atoms with van der Waals surface area (Å²) in [6.45, 7) is 2.97. The topological polar surface area (TPSA) is 47.6 Å². The van der Waals surface area contributed by atoms with Crippen molar-refractivity contribution in [1.82, 2.24) is 5.32 Å². The van der Waals surface area contributed by atoms with E-state index in [1.54, 1.807) is 18.2 Å². The Balaban J connectivity index is 1.53. The summed E-state index contributed by atoms with van der Waals surface area (Å²) in [4.78, 5) is 12.8. The number of carbonyl (C=O) groups excluding carboxylic acids is 1. The Labute approximate surface area is 240 Å². The Morgan fingerprint density at radius 1 is 0.881 bits per heavy atom. The molecular weight excluding hydrogens is 560 g/mol. The first-order valence-corrected chi connectivity index (χ1v) is 13.8. The van der Waals surface area contributed by atoms with Crippen LogP contribution in [0.25, 0.3) is 0 Å². The molecule has 1 saturated carbocycles. The van der Waals surface area contributed by atoms with E-state index < -0.39 is 48.3 Å². The molecule has 1 aliphatic carbocycles. The van der Waals surface area contributed by atoms with Crippen LogP contribution in [-0.2, 0) is 21.8 Å². The van der Waals surface area contributed by atoms with Crippen LogP contribution in [0, 0.1) is 18.8 Å². The van der Waals surface area contributed by atoms with Crippen LogP contribution < -0.4 is 5.32 Å². The van der Waals surface area contributed by atoms with Crippen LogP contribution in [0.4, 0.5) is 26.3 Å². The second kappa shape index (κ2) is 12.1. The first-order valence-electron chi connectivity index (χ1n) is 13.8. The molecule has 5 rings (SSSR count). The molecule has 0 spiro atoms. The molecule has 5 atom stereocenters. The van der Waals surface area contributed by atoms with Gasteiger partial charge in [0.05, 0.1) is 22.8 Å². The number of benzene rings is 3. The third-order valence-electron chi connectivity index (χ3n) is 8.32. The molecule has 0 bridgehead atoms. The van der Waals surface area contributed by atoms with Gasteiger partial charge in [0.2, 0.25) is 0 Å². The minimum Gasteiger partial charge on any atom is -0.459 e. The number of alkyl halides is 6. The average molecular weight is 592 g/mol. The van der Waals surface area contributed by atoms with E-state index in [2.05, 4.69) is 5.32 Å². The quantitative estimate of drug-likeness (QED) is 0.226. The molecule has 2 aliphatic rings. The minimum absolute atomic E-state index is 0.0854. The van der Waals surface area contributed by atoms with E-state index in [1.165, 1.54) is 12.1 Å². The van der Waals surface area contributed by atoms with Crippen LogP contribution in [0.1, 0.15) is 63.0 Å². The molecule has 4 nitrogen and oxygen atoms in total. The number of ether oxygens (including phenoxy) is 2. The summed E-state index contributed by atoms with van der Waals surface area (Å²) in [5.41, 5.74) is -1.00. The predicted molar refractivity (Wildman–Crippen MR) is 144 cm³/mol. The van der Waals surface area contributed by atoms with Gasteiger partial charge in [0.15, 0.2) is 0 Å². The van der Waals surface area contributed by atoms with Crippen molar-refractivity contribution in [2.75, 3.05) is 19.7 Å². The highest BCUT2D eigenvalue weighted by molar-refractivity contribution is 5.89. The predicted octanol–water partition coefficient (Wildman–Crippen LogP) is 7.73. The van der Waals surface area contributed by atoms with Gasteiger partial charge in [0, 0.05) is 5.92 Å². The van der Waals surface area contributed by atoms with Gasteiger partial charge in [0.1, 0.15) is 12.7 Å². The SMILES string of the molecule is Cc1ccccc1[C@H]1[C@H]2CNC[C@H]2CC[C@@H]1O[C@@H](COC(=O)c1ccccc1)c1cc(C(F)(F)F)cc(C(F)(F)F)c1. The number of nitrogens with one attached hydrogen (secondary N) is 1. The van der Waals surface area contributed by atoms with Gasteiger partial charge < -0.3 is 14.8 Å². The normalized spacial score (nSPS) is 23.3. The summed E-state index contributed by atoms with van der Waals surface area (Å²) in [5, 5.41) is 3.42. The van der Waals surface area contributed by atoms with Crippen LogP contribution in [-0.4, -0.2) is 31.8 Å². The molecule has 1 saturated heterocycles. The van der Waals surface area contributed by atoms with Crippen LogP contribution in [0.2, 0.25) is 0 Å². The lowest BCUT2D eigenvalue weighted by atomic mass is 9.68. The van der Waals surface area contributed by atoms with Crippen molar-refractivity contribution in [3.63, 3.8) is 0 Å². The molecule has 0 radical (unpaired) electrons. The fourth-order valence-corrected chi connectivity index (χ4v) is 6.27. The van der Waals surface area contributed by atoms with Gasteiger partial charge in [-0.3, -0.25) is 0 Å². The van der Waals surface area contributed by atoms with E-state index in [4.69, 9.17) is 9.47 Å². The molecule has 1 N–H and O–H groups in total. The Hall–Kier alpha value is -3.37. The molecule has 1 heterocycles. The molecule has 2 fully saturated rings. The fraction of sp³-hybridized carbons (Fsp3) is 0.406. The van der Waals surface area contributed by atoms with E-state index in [-0.39, 0.29) is 29.0 Å². The number of halogens is 6. The van der Waals surface area contributed by atoms with Crippen molar-refractivity contribution < 1.29 is 40.6 Å². The van der Waals surface area contributed by atoms with Gasteiger partial charge in [-0.15, -0.1) is 0 Å². The summed E-state index contributed by atoms with van der Waals surface area (Å²) in [6.07, 6.45) is -10.6. The first kappa shape index (κ1) is 30.1. The summed E-state index contributed by atoms with van der Waals surface area (Å²) in [6, 6.07) is 17.1. The van der Waals surface area contributed by atoms with Crippen molar-refractivity contribution in [1.29, 1.82) is 0 Å². The second-order valence-corrected chi connectivity index (χ2v) is 11.0. The van der Waals surface area contributed by atoms with Gasteiger partial charge >= 0.3 is 18.3 Å². The highest BCUT2D eigenvalue weighted by Gasteiger charge is 2.45. The Kier molecular flexibility index (Phi) is 8.66. The van der Waals surface area contributed by atoms with E-state index in [9.17, 15) is 31.1 Å². The second-order valence-electron chi connectivity index (χ2n) is 11.0. The summed E-state index contributed by atoms with van der Waals surface area (Å²) in [5.74, 6) is -0.370. The molecule has 42 heavy (non-hydrogen) atoms. The molecule has 0 amide bonds. The van der Waals surface area contributed by atoms with Crippen LogP contribution in [0.5, 0.6) is 0 Å². The Morgan fingerprint density at radius 2 is 1.52 bits per heavy atom. The highest BCUT2D eigenvalue weighted by Crippen LogP contribution is 2.47. The molecule has 3 aromatic rings.